The number of benzene rings is 1. The Labute approximate surface area is 150 Å². The number of urea groups is 1. The van der Waals surface area contributed by atoms with Gasteiger partial charge in [-0.3, -0.25) is 9.69 Å². The Morgan fingerprint density at radius 2 is 2.24 bits per heavy atom. The number of carbonyl (C=O) groups is 3. The molecule has 0 spiro atoms. The molecule has 9 heteroatoms. The molecular weight excluding hydrogens is 344 g/mol. The summed E-state index contributed by atoms with van der Waals surface area (Å²) in [5.41, 5.74) is 6.69. The predicted octanol–water partition coefficient (Wildman–Crippen LogP) is 1.05. The van der Waals surface area contributed by atoms with Gasteiger partial charge < -0.3 is 21.1 Å². The number of nitrogens with zero attached hydrogens (tertiary/aromatic N) is 1. The summed E-state index contributed by atoms with van der Waals surface area (Å²) >= 11 is 1.58. The topological polar surface area (TPSA) is 114 Å². The van der Waals surface area contributed by atoms with Gasteiger partial charge in [0, 0.05) is 12.2 Å². The van der Waals surface area contributed by atoms with Crippen LogP contribution in [-0.4, -0.2) is 49.2 Å². The van der Waals surface area contributed by atoms with Crippen molar-refractivity contribution in [2.45, 2.75) is 19.0 Å². The van der Waals surface area contributed by atoms with Gasteiger partial charge in [0.25, 0.3) is 0 Å². The van der Waals surface area contributed by atoms with Gasteiger partial charge in [-0.25, -0.2) is 9.59 Å². The van der Waals surface area contributed by atoms with E-state index in [0.717, 1.165) is 17.0 Å². The first kappa shape index (κ1) is 18.9. The Kier molecular flexibility index (Phi) is 6.93. The van der Waals surface area contributed by atoms with E-state index < -0.39 is 12.1 Å². The van der Waals surface area contributed by atoms with Crippen LogP contribution in [0.15, 0.2) is 24.3 Å². The Balaban J connectivity index is 1.95. The van der Waals surface area contributed by atoms with Crippen molar-refractivity contribution >= 4 is 35.5 Å². The van der Waals surface area contributed by atoms with Gasteiger partial charge in [0.2, 0.25) is 5.91 Å². The molecule has 1 aliphatic heterocycles. The van der Waals surface area contributed by atoms with Gasteiger partial charge in [0.05, 0.1) is 6.54 Å². The number of thioether (sulfide) groups is 1. The zero-order valence-electron chi connectivity index (χ0n) is 14.0. The van der Waals surface area contributed by atoms with Crippen molar-refractivity contribution in [2.75, 3.05) is 30.1 Å². The minimum Gasteiger partial charge on any atom is -0.447 e. The van der Waals surface area contributed by atoms with Crippen LogP contribution in [0.5, 0.6) is 0 Å². The standard InChI is InChI=1S/C16H22N4O4S/c1-25-8-5-13(19-15(17)22)14(21)18-10-11-3-2-4-12(9-11)20-6-7-24-16(20)23/h2-4,9,13H,5-8,10H2,1H3,(H,18,21)(H3,17,19,22)/t13-/m0/s1. The highest BCUT2D eigenvalue weighted by Crippen LogP contribution is 2.20. The lowest BCUT2D eigenvalue weighted by Gasteiger charge is -2.17. The van der Waals surface area contributed by atoms with E-state index in [0.29, 0.717) is 19.6 Å². The van der Waals surface area contributed by atoms with E-state index in [1.165, 1.54) is 0 Å². The van der Waals surface area contributed by atoms with Crippen molar-refractivity contribution in [2.24, 2.45) is 5.73 Å². The number of hydrogen-bond donors (Lipinski definition) is 3. The summed E-state index contributed by atoms with van der Waals surface area (Å²) in [5.74, 6) is 0.434. The molecule has 4 N–H and O–H groups in total. The second-order valence-corrected chi connectivity index (χ2v) is 6.48. The molecule has 1 atom stereocenters. The molecule has 4 amide bonds. The average Bonchev–Trinajstić information content (AvgIpc) is 3.02. The fourth-order valence-corrected chi connectivity index (χ4v) is 2.92. The number of primary amides is 1. The maximum atomic E-state index is 12.3. The average molecular weight is 366 g/mol. The van der Waals surface area contributed by atoms with Gasteiger partial charge in [0.1, 0.15) is 12.6 Å². The van der Waals surface area contributed by atoms with Crippen molar-refractivity contribution in [1.29, 1.82) is 0 Å². The van der Waals surface area contributed by atoms with Crippen molar-refractivity contribution in [3.05, 3.63) is 29.8 Å². The highest BCUT2D eigenvalue weighted by Gasteiger charge is 2.24. The van der Waals surface area contributed by atoms with Gasteiger partial charge in [-0.1, -0.05) is 12.1 Å². The van der Waals surface area contributed by atoms with E-state index in [1.54, 1.807) is 16.7 Å². The van der Waals surface area contributed by atoms with Gasteiger partial charge in [0.15, 0.2) is 0 Å². The summed E-state index contributed by atoms with van der Waals surface area (Å²) in [6, 6.07) is 5.91. The monoisotopic (exact) mass is 366 g/mol. The van der Waals surface area contributed by atoms with Gasteiger partial charge in [-0.2, -0.15) is 11.8 Å². The molecule has 0 unspecified atom stereocenters. The third kappa shape index (κ3) is 5.56. The van der Waals surface area contributed by atoms with Crippen molar-refractivity contribution in [1.82, 2.24) is 10.6 Å². The molecule has 0 saturated carbocycles. The molecule has 2 rings (SSSR count). The molecule has 0 aromatic heterocycles. The second-order valence-electron chi connectivity index (χ2n) is 5.50. The van der Waals surface area contributed by atoms with Crippen LogP contribution in [0.1, 0.15) is 12.0 Å². The summed E-state index contributed by atoms with van der Waals surface area (Å²) in [6.07, 6.45) is 2.05. The zero-order valence-corrected chi connectivity index (χ0v) is 14.8. The Morgan fingerprint density at radius 1 is 1.44 bits per heavy atom. The van der Waals surface area contributed by atoms with Gasteiger partial charge in [-0.15, -0.1) is 0 Å². The van der Waals surface area contributed by atoms with E-state index in [2.05, 4.69) is 10.6 Å². The van der Waals surface area contributed by atoms with Crippen molar-refractivity contribution in [3.63, 3.8) is 0 Å². The highest BCUT2D eigenvalue weighted by atomic mass is 32.2. The summed E-state index contributed by atoms with van der Waals surface area (Å²) in [7, 11) is 0. The molecule has 0 aliphatic carbocycles. The van der Waals surface area contributed by atoms with E-state index in [-0.39, 0.29) is 18.5 Å². The maximum absolute atomic E-state index is 12.3. The van der Waals surface area contributed by atoms with Crippen molar-refractivity contribution < 1.29 is 19.1 Å². The van der Waals surface area contributed by atoms with E-state index >= 15 is 0 Å². The van der Waals surface area contributed by atoms with E-state index in [4.69, 9.17) is 10.5 Å². The third-order valence-electron chi connectivity index (χ3n) is 3.69. The number of rotatable bonds is 8. The van der Waals surface area contributed by atoms with Crippen molar-refractivity contribution in [3.8, 4) is 0 Å². The summed E-state index contributed by atoms with van der Waals surface area (Å²) in [5, 5.41) is 5.25. The van der Waals surface area contributed by atoms with Crippen LogP contribution in [0, 0.1) is 0 Å². The van der Waals surface area contributed by atoms with Gasteiger partial charge in [-0.05, 0) is 36.1 Å². The molecule has 1 saturated heterocycles. The molecule has 1 fully saturated rings. The summed E-state index contributed by atoms with van der Waals surface area (Å²) in [6.45, 7) is 1.16. The fourth-order valence-electron chi connectivity index (χ4n) is 2.45. The largest absolute Gasteiger partial charge is 0.447 e. The minimum atomic E-state index is -0.726. The number of ether oxygens (including phenoxy) is 1. The lowest BCUT2D eigenvalue weighted by molar-refractivity contribution is -0.123. The predicted molar refractivity (Wildman–Crippen MR) is 96.5 cm³/mol. The molecule has 0 bridgehead atoms. The Hall–Kier alpha value is -2.42. The molecule has 8 nitrogen and oxygen atoms in total. The molecule has 1 aromatic carbocycles. The molecule has 25 heavy (non-hydrogen) atoms. The summed E-state index contributed by atoms with van der Waals surface area (Å²) in [4.78, 5) is 36.5. The zero-order chi connectivity index (χ0) is 18.2. The van der Waals surface area contributed by atoms with Crippen LogP contribution in [0.4, 0.5) is 15.3 Å². The highest BCUT2D eigenvalue weighted by molar-refractivity contribution is 7.98. The number of cyclic esters (lactones) is 1. The van der Waals surface area contributed by atoms with Crippen LogP contribution < -0.4 is 21.3 Å². The Bertz CT molecular complexity index is 640. The first-order valence-electron chi connectivity index (χ1n) is 7.87. The second kappa shape index (κ2) is 9.16. The lowest BCUT2D eigenvalue weighted by atomic mass is 10.1. The number of nitrogens with one attached hydrogen (secondary N) is 2. The Morgan fingerprint density at radius 3 is 2.88 bits per heavy atom. The van der Waals surface area contributed by atoms with Crippen LogP contribution in [0.25, 0.3) is 0 Å². The number of carbonyl (C=O) groups excluding carboxylic acids is 3. The van der Waals surface area contributed by atoms with E-state index in [1.807, 2.05) is 30.5 Å². The number of amides is 4. The molecular formula is C16H22N4O4S. The molecule has 1 aliphatic rings. The number of nitrogens with two attached hydrogens (primary N) is 1. The van der Waals surface area contributed by atoms with Crippen LogP contribution >= 0.6 is 11.8 Å². The van der Waals surface area contributed by atoms with Crippen LogP contribution in [-0.2, 0) is 16.1 Å². The van der Waals surface area contributed by atoms with Crippen LogP contribution in [0.3, 0.4) is 0 Å². The number of anilines is 1. The third-order valence-corrected chi connectivity index (χ3v) is 4.34. The fraction of sp³-hybridized carbons (Fsp3) is 0.438. The first-order chi connectivity index (χ1) is 12.0. The molecule has 1 aromatic rings. The smallest absolute Gasteiger partial charge is 0.414 e. The lowest BCUT2D eigenvalue weighted by Crippen LogP contribution is -2.48. The first-order valence-corrected chi connectivity index (χ1v) is 9.26. The molecule has 136 valence electrons. The minimum absolute atomic E-state index is 0.284. The molecule has 0 radical (unpaired) electrons. The maximum Gasteiger partial charge on any atom is 0.414 e. The normalized spacial score (nSPS) is 14.8. The SMILES string of the molecule is CSCC[C@H](NC(N)=O)C(=O)NCc1cccc(N2CCOC2=O)c1. The number of hydrogen-bond acceptors (Lipinski definition) is 5. The quantitative estimate of drug-likeness (QED) is 0.636. The van der Waals surface area contributed by atoms with Crippen LogP contribution in [0.2, 0.25) is 0 Å². The van der Waals surface area contributed by atoms with E-state index in [9.17, 15) is 14.4 Å². The van der Waals surface area contributed by atoms with Gasteiger partial charge >= 0.3 is 12.1 Å². The molecule has 1 heterocycles. The summed E-state index contributed by atoms with van der Waals surface area (Å²) < 4.78 is 4.93.